The highest BCUT2D eigenvalue weighted by molar-refractivity contribution is 8.02. The second-order valence-electron chi connectivity index (χ2n) is 2.43. The average molecular weight is 295 g/mol. The van der Waals surface area contributed by atoms with Gasteiger partial charge in [-0.05, 0) is 29.6 Å². The largest absolute Gasteiger partial charge is 0.223 e. The van der Waals surface area contributed by atoms with Gasteiger partial charge in [-0.2, -0.15) is 0 Å². The Morgan fingerprint density at radius 3 is 2.81 bits per heavy atom. The molecule has 16 heavy (non-hydrogen) atoms. The first-order valence-corrected chi connectivity index (χ1v) is 7.16. The SMILES string of the molecule is CSc1nnc(Sc2nc(Cl)ncc2F)s1. The Kier molecular flexibility index (Phi) is 3.95. The van der Waals surface area contributed by atoms with Crippen LogP contribution in [0.1, 0.15) is 0 Å². The standard InChI is InChI=1S/C7H4ClFN4S3/c1-14-6-12-13-7(16-6)15-4-3(9)2-10-5(8)11-4/h2H,1H3. The van der Waals surface area contributed by atoms with Crippen LogP contribution in [-0.4, -0.2) is 26.4 Å². The number of hydrogen-bond acceptors (Lipinski definition) is 7. The van der Waals surface area contributed by atoms with Crippen molar-refractivity contribution >= 4 is 46.5 Å². The van der Waals surface area contributed by atoms with Gasteiger partial charge in [0.15, 0.2) is 14.5 Å². The summed E-state index contributed by atoms with van der Waals surface area (Å²) < 4.78 is 14.7. The molecule has 2 rings (SSSR count). The third-order valence-corrected chi connectivity index (χ3v) is 4.54. The van der Waals surface area contributed by atoms with Crippen LogP contribution < -0.4 is 0 Å². The van der Waals surface area contributed by atoms with Gasteiger partial charge in [-0.15, -0.1) is 10.2 Å². The molecule has 0 amide bonds. The Bertz CT molecular complexity index is 506. The summed E-state index contributed by atoms with van der Waals surface area (Å²) in [5.41, 5.74) is 0. The monoisotopic (exact) mass is 294 g/mol. The fourth-order valence-corrected chi connectivity index (χ4v) is 3.32. The highest BCUT2D eigenvalue weighted by atomic mass is 35.5. The second kappa shape index (κ2) is 5.26. The summed E-state index contributed by atoms with van der Waals surface area (Å²) in [6, 6.07) is 0. The van der Waals surface area contributed by atoms with Crippen LogP contribution in [-0.2, 0) is 0 Å². The van der Waals surface area contributed by atoms with Gasteiger partial charge in [-0.25, -0.2) is 14.4 Å². The number of halogens is 2. The van der Waals surface area contributed by atoms with Gasteiger partial charge in [-0.1, -0.05) is 23.1 Å². The van der Waals surface area contributed by atoms with Crippen molar-refractivity contribution in [1.82, 2.24) is 20.2 Å². The Morgan fingerprint density at radius 1 is 1.38 bits per heavy atom. The van der Waals surface area contributed by atoms with E-state index < -0.39 is 5.82 Å². The normalized spacial score (nSPS) is 10.7. The first-order chi connectivity index (χ1) is 7.69. The summed E-state index contributed by atoms with van der Waals surface area (Å²) in [6.07, 6.45) is 2.94. The summed E-state index contributed by atoms with van der Waals surface area (Å²) in [7, 11) is 0. The van der Waals surface area contributed by atoms with Crippen LogP contribution in [0.25, 0.3) is 0 Å². The Labute approximate surface area is 108 Å². The third-order valence-electron chi connectivity index (χ3n) is 1.43. The van der Waals surface area contributed by atoms with Crippen LogP contribution >= 0.6 is 46.5 Å². The highest BCUT2D eigenvalue weighted by Gasteiger charge is 2.11. The van der Waals surface area contributed by atoms with E-state index in [-0.39, 0.29) is 10.3 Å². The molecule has 0 saturated carbocycles. The molecule has 9 heteroatoms. The van der Waals surface area contributed by atoms with Crippen molar-refractivity contribution in [2.75, 3.05) is 6.26 Å². The molecule has 0 fully saturated rings. The molecule has 0 atom stereocenters. The summed E-state index contributed by atoms with van der Waals surface area (Å²) in [4.78, 5) is 7.31. The molecule has 0 saturated heterocycles. The zero-order chi connectivity index (χ0) is 11.5. The number of thioether (sulfide) groups is 1. The van der Waals surface area contributed by atoms with Crippen LogP contribution in [0, 0.1) is 5.82 Å². The molecule has 0 aromatic carbocycles. The number of aromatic nitrogens is 4. The van der Waals surface area contributed by atoms with Gasteiger partial charge in [-0.3, -0.25) is 0 Å². The van der Waals surface area contributed by atoms with E-state index in [2.05, 4.69) is 20.2 Å². The van der Waals surface area contributed by atoms with Crippen molar-refractivity contribution in [3.63, 3.8) is 0 Å². The number of rotatable bonds is 3. The molecule has 0 aliphatic rings. The fraction of sp³-hybridized carbons (Fsp3) is 0.143. The van der Waals surface area contributed by atoms with Crippen LogP contribution in [0.15, 0.2) is 19.9 Å². The van der Waals surface area contributed by atoms with Crippen molar-refractivity contribution < 1.29 is 4.39 Å². The maximum atomic E-state index is 13.3. The highest BCUT2D eigenvalue weighted by Crippen LogP contribution is 2.33. The van der Waals surface area contributed by atoms with Gasteiger partial charge >= 0.3 is 0 Å². The molecule has 0 bridgehead atoms. The van der Waals surface area contributed by atoms with Gasteiger partial charge in [0.1, 0.15) is 5.03 Å². The van der Waals surface area contributed by atoms with E-state index in [1.807, 2.05) is 6.26 Å². The van der Waals surface area contributed by atoms with E-state index in [0.717, 1.165) is 22.3 Å². The van der Waals surface area contributed by atoms with Crippen molar-refractivity contribution in [3.8, 4) is 0 Å². The zero-order valence-electron chi connectivity index (χ0n) is 7.85. The molecule has 0 spiro atoms. The van der Waals surface area contributed by atoms with Gasteiger partial charge in [0, 0.05) is 0 Å². The van der Waals surface area contributed by atoms with E-state index in [0.29, 0.717) is 4.34 Å². The van der Waals surface area contributed by atoms with Crippen LogP contribution in [0.2, 0.25) is 5.28 Å². The van der Waals surface area contributed by atoms with E-state index in [9.17, 15) is 4.39 Å². The van der Waals surface area contributed by atoms with Crippen LogP contribution in [0.5, 0.6) is 0 Å². The van der Waals surface area contributed by atoms with Gasteiger partial charge < -0.3 is 0 Å². The number of nitrogens with zero attached hydrogens (tertiary/aromatic N) is 4. The molecular weight excluding hydrogens is 291 g/mol. The summed E-state index contributed by atoms with van der Waals surface area (Å²) in [5.74, 6) is -0.518. The lowest BCUT2D eigenvalue weighted by Crippen LogP contribution is -1.90. The van der Waals surface area contributed by atoms with Gasteiger partial charge in [0.2, 0.25) is 5.28 Å². The quantitative estimate of drug-likeness (QED) is 0.493. The first kappa shape index (κ1) is 12.0. The van der Waals surface area contributed by atoms with E-state index in [4.69, 9.17) is 11.6 Å². The molecule has 0 N–H and O–H groups in total. The van der Waals surface area contributed by atoms with Gasteiger partial charge in [0.25, 0.3) is 0 Å². The Balaban J connectivity index is 2.22. The molecule has 0 unspecified atom stereocenters. The molecular formula is C7H4ClFN4S3. The summed E-state index contributed by atoms with van der Waals surface area (Å²) in [5, 5.41) is 7.96. The summed E-state index contributed by atoms with van der Waals surface area (Å²) in [6.45, 7) is 0. The maximum Gasteiger partial charge on any atom is 0.223 e. The predicted octanol–water partition coefficient (Wildman–Crippen LogP) is 2.99. The molecule has 2 heterocycles. The van der Waals surface area contributed by atoms with E-state index in [1.54, 1.807) is 0 Å². The molecule has 84 valence electrons. The molecule has 0 aliphatic carbocycles. The topological polar surface area (TPSA) is 51.6 Å². The third kappa shape index (κ3) is 2.82. The minimum Gasteiger partial charge on any atom is -0.223 e. The first-order valence-electron chi connectivity index (χ1n) is 3.92. The van der Waals surface area contributed by atoms with Crippen LogP contribution in [0.3, 0.4) is 0 Å². The minimum absolute atomic E-state index is 0.0125. The van der Waals surface area contributed by atoms with Crippen molar-refractivity contribution in [3.05, 3.63) is 17.3 Å². The zero-order valence-corrected chi connectivity index (χ0v) is 11.1. The Morgan fingerprint density at radius 2 is 2.12 bits per heavy atom. The molecule has 2 aromatic rings. The van der Waals surface area contributed by atoms with E-state index in [1.165, 1.54) is 23.1 Å². The van der Waals surface area contributed by atoms with Crippen molar-refractivity contribution in [2.24, 2.45) is 0 Å². The lowest BCUT2D eigenvalue weighted by Gasteiger charge is -1.97. The smallest absolute Gasteiger partial charge is 0.223 e. The maximum absolute atomic E-state index is 13.3. The van der Waals surface area contributed by atoms with Crippen molar-refractivity contribution in [1.29, 1.82) is 0 Å². The van der Waals surface area contributed by atoms with E-state index >= 15 is 0 Å². The van der Waals surface area contributed by atoms with Crippen LogP contribution in [0.4, 0.5) is 4.39 Å². The molecule has 0 radical (unpaired) electrons. The fourth-order valence-electron chi connectivity index (χ4n) is 0.806. The Hall–Kier alpha value is -0.440. The van der Waals surface area contributed by atoms with Gasteiger partial charge in [0.05, 0.1) is 6.20 Å². The average Bonchev–Trinajstić information content (AvgIpc) is 2.71. The minimum atomic E-state index is -0.518. The predicted molar refractivity (Wildman–Crippen MR) is 62.8 cm³/mol. The lowest BCUT2D eigenvalue weighted by atomic mass is 10.6. The number of hydrogen-bond donors (Lipinski definition) is 0. The van der Waals surface area contributed by atoms with Crippen molar-refractivity contribution in [2.45, 2.75) is 13.7 Å². The molecule has 4 nitrogen and oxygen atoms in total. The second-order valence-corrected chi connectivity index (χ2v) is 6.04. The summed E-state index contributed by atoms with van der Waals surface area (Å²) >= 11 is 9.52. The molecule has 2 aromatic heterocycles. The molecule has 0 aliphatic heterocycles. The lowest BCUT2D eigenvalue weighted by molar-refractivity contribution is 0.579.